The summed E-state index contributed by atoms with van der Waals surface area (Å²) in [4.78, 5) is 7.61. The number of nitrogens with one attached hydrogen (secondary N) is 2. The Morgan fingerprint density at radius 1 is 1.07 bits per heavy atom. The van der Waals surface area contributed by atoms with E-state index in [0.29, 0.717) is 0 Å². The minimum absolute atomic E-state index is 0.101. The molecule has 0 bridgehead atoms. The second-order valence-corrected chi connectivity index (χ2v) is 8.61. The number of aliphatic imine (C=N–C) groups is 1. The van der Waals surface area contributed by atoms with Crippen LogP contribution >= 0.6 is 0 Å². The first-order valence-corrected chi connectivity index (χ1v) is 11.6. The molecule has 0 amide bonds. The van der Waals surface area contributed by atoms with Crippen molar-refractivity contribution in [2.75, 3.05) is 52.5 Å². The highest BCUT2D eigenvalue weighted by atomic mass is 16.5. The third kappa shape index (κ3) is 6.33. The van der Waals surface area contributed by atoms with Crippen LogP contribution in [0.15, 0.2) is 4.99 Å². The van der Waals surface area contributed by atoms with E-state index in [1.165, 1.54) is 32.1 Å². The van der Waals surface area contributed by atoms with E-state index in [1.807, 2.05) is 0 Å². The van der Waals surface area contributed by atoms with Gasteiger partial charge >= 0.3 is 0 Å². The molecule has 0 radical (unpaired) electrons. The van der Waals surface area contributed by atoms with Crippen LogP contribution < -0.4 is 10.6 Å². The van der Waals surface area contributed by atoms with E-state index in [1.54, 1.807) is 0 Å². The molecular formula is C22H44N4O2. The van der Waals surface area contributed by atoms with Crippen molar-refractivity contribution >= 4 is 5.96 Å². The Kier molecular flexibility index (Phi) is 10.0. The molecule has 6 nitrogen and oxygen atoms in total. The van der Waals surface area contributed by atoms with Crippen molar-refractivity contribution in [3.05, 3.63) is 0 Å². The Morgan fingerprint density at radius 2 is 1.75 bits per heavy atom. The van der Waals surface area contributed by atoms with Crippen molar-refractivity contribution in [1.29, 1.82) is 0 Å². The zero-order valence-corrected chi connectivity index (χ0v) is 18.6. The molecule has 0 aromatic heterocycles. The predicted octanol–water partition coefficient (Wildman–Crippen LogP) is 2.77. The third-order valence-corrected chi connectivity index (χ3v) is 7.11. The quantitative estimate of drug-likeness (QED) is 0.391. The lowest BCUT2D eigenvalue weighted by molar-refractivity contribution is -0.0352. The van der Waals surface area contributed by atoms with Crippen molar-refractivity contribution in [2.45, 2.75) is 77.7 Å². The molecule has 0 aromatic rings. The lowest BCUT2D eigenvalue weighted by Crippen LogP contribution is -2.60. The minimum Gasteiger partial charge on any atom is -0.396 e. The Hall–Kier alpha value is -0.850. The summed E-state index contributed by atoms with van der Waals surface area (Å²) in [5.41, 5.74) is 0.333. The lowest BCUT2D eigenvalue weighted by Gasteiger charge is -2.48. The number of aliphatic hydroxyl groups excluding tert-OH is 1. The van der Waals surface area contributed by atoms with E-state index >= 15 is 0 Å². The van der Waals surface area contributed by atoms with Crippen LogP contribution in [0.25, 0.3) is 0 Å². The number of morpholine rings is 1. The molecule has 1 heterocycles. The number of ether oxygens (including phenoxy) is 1. The predicted molar refractivity (Wildman–Crippen MR) is 117 cm³/mol. The van der Waals surface area contributed by atoms with Gasteiger partial charge in [-0.05, 0) is 44.4 Å². The molecule has 28 heavy (non-hydrogen) atoms. The molecule has 2 aliphatic rings. The Morgan fingerprint density at radius 3 is 2.32 bits per heavy atom. The molecular weight excluding hydrogens is 352 g/mol. The summed E-state index contributed by atoms with van der Waals surface area (Å²) in [5, 5.41) is 16.6. The van der Waals surface area contributed by atoms with Crippen LogP contribution in [-0.2, 0) is 4.74 Å². The highest BCUT2D eigenvalue weighted by molar-refractivity contribution is 5.79. The van der Waals surface area contributed by atoms with Crippen LogP contribution in [0.3, 0.4) is 0 Å². The molecule has 164 valence electrons. The molecule has 1 aliphatic heterocycles. The molecule has 2 fully saturated rings. The number of hydrogen-bond donors (Lipinski definition) is 3. The molecule has 6 heteroatoms. The van der Waals surface area contributed by atoms with Crippen LogP contribution in [0.2, 0.25) is 0 Å². The first kappa shape index (κ1) is 23.4. The normalized spacial score (nSPS) is 21.5. The van der Waals surface area contributed by atoms with Crippen molar-refractivity contribution in [3.8, 4) is 0 Å². The zero-order valence-electron chi connectivity index (χ0n) is 18.6. The summed E-state index contributed by atoms with van der Waals surface area (Å²) in [7, 11) is 0. The second-order valence-electron chi connectivity index (χ2n) is 8.61. The lowest BCUT2D eigenvalue weighted by atomic mass is 9.79. The van der Waals surface area contributed by atoms with Gasteiger partial charge in [0, 0.05) is 44.9 Å². The van der Waals surface area contributed by atoms with Gasteiger partial charge in [-0.2, -0.15) is 0 Å². The number of nitrogens with zero attached hydrogens (tertiary/aromatic N) is 2. The van der Waals surface area contributed by atoms with Crippen molar-refractivity contribution in [1.82, 2.24) is 15.5 Å². The van der Waals surface area contributed by atoms with E-state index < -0.39 is 0 Å². The van der Waals surface area contributed by atoms with Gasteiger partial charge in [0.25, 0.3) is 0 Å². The monoisotopic (exact) mass is 396 g/mol. The van der Waals surface area contributed by atoms with Crippen LogP contribution in [0.1, 0.15) is 72.1 Å². The van der Waals surface area contributed by atoms with Gasteiger partial charge in [0.2, 0.25) is 0 Å². The highest BCUT2D eigenvalue weighted by Gasteiger charge is 2.38. The van der Waals surface area contributed by atoms with Crippen LogP contribution in [0.5, 0.6) is 0 Å². The maximum atomic E-state index is 9.49. The molecule has 0 unspecified atom stereocenters. The number of rotatable bonds is 10. The molecule has 1 aliphatic carbocycles. The van der Waals surface area contributed by atoms with E-state index in [0.717, 1.165) is 71.2 Å². The summed E-state index contributed by atoms with van der Waals surface area (Å²) in [6.07, 6.45) is 9.43. The fourth-order valence-corrected chi connectivity index (χ4v) is 4.83. The second kappa shape index (κ2) is 12.0. The minimum atomic E-state index is 0.101. The smallest absolute Gasteiger partial charge is 0.191 e. The number of hydrogen-bond acceptors (Lipinski definition) is 4. The van der Waals surface area contributed by atoms with Gasteiger partial charge < -0.3 is 20.5 Å². The Bertz CT molecular complexity index is 453. The van der Waals surface area contributed by atoms with Gasteiger partial charge in [0.1, 0.15) is 0 Å². The van der Waals surface area contributed by atoms with Gasteiger partial charge in [-0.3, -0.25) is 9.89 Å². The van der Waals surface area contributed by atoms with E-state index in [9.17, 15) is 5.11 Å². The number of guanidine groups is 1. The van der Waals surface area contributed by atoms with Gasteiger partial charge in [-0.1, -0.05) is 33.1 Å². The van der Waals surface area contributed by atoms with Crippen LogP contribution in [-0.4, -0.2) is 74.0 Å². The SMILES string of the molecule is CCNC(=NCC(CC)(CC)CCO)NCC1(N2CCOCC2)CCCCC1. The molecule has 1 saturated carbocycles. The Labute approximate surface area is 172 Å². The fraction of sp³-hybridized carbons (Fsp3) is 0.955. The van der Waals surface area contributed by atoms with E-state index in [4.69, 9.17) is 9.73 Å². The van der Waals surface area contributed by atoms with Gasteiger partial charge in [-0.25, -0.2) is 0 Å². The van der Waals surface area contributed by atoms with Gasteiger partial charge in [-0.15, -0.1) is 0 Å². The third-order valence-electron chi connectivity index (χ3n) is 7.11. The zero-order chi connectivity index (χ0) is 20.3. The van der Waals surface area contributed by atoms with Gasteiger partial charge in [0.15, 0.2) is 5.96 Å². The van der Waals surface area contributed by atoms with E-state index in [2.05, 4.69) is 36.3 Å². The molecule has 0 atom stereocenters. The maximum absolute atomic E-state index is 9.49. The standard InChI is InChI=1S/C22H44N4O2/c1-4-21(5-2,12-15-27)18-24-20(23-6-3)25-19-22(10-8-7-9-11-22)26-13-16-28-17-14-26/h27H,4-19H2,1-3H3,(H2,23,24,25). The van der Waals surface area contributed by atoms with Crippen molar-refractivity contribution < 1.29 is 9.84 Å². The molecule has 1 saturated heterocycles. The molecule has 0 aromatic carbocycles. The van der Waals surface area contributed by atoms with Crippen LogP contribution in [0.4, 0.5) is 0 Å². The van der Waals surface area contributed by atoms with E-state index in [-0.39, 0.29) is 17.6 Å². The summed E-state index contributed by atoms with van der Waals surface area (Å²) in [6, 6.07) is 0. The first-order valence-electron chi connectivity index (χ1n) is 11.6. The summed E-state index contributed by atoms with van der Waals surface area (Å²) in [5.74, 6) is 0.921. The first-order chi connectivity index (χ1) is 13.6. The molecule has 3 N–H and O–H groups in total. The summed E-state index contributed by atoms with van der Waals surface area (Å²) in [6.45, 7) is 13.2. The summed E-state index contributed by atoms with van der Waals surface area (Å²) >= 11 is 0. The van der Waals surface area contributed by atoms with Crippen molar-refractivity contribution in [2.24, 2.45) is 10.4 Å². The highest BCUT2D eigenvalue weighted by Crippen LogP contribution is 2.34. The Balaban J connectivity index is 2.06. The average molecular weight is 397 g/mol. The topological polar surface area (TPSA) is 69.1 Å². The number of aliphatic hydroxyl groups is 1. The largest absolute Gasteiger partial charge is 0.396 e. The van der Waals surface area contributed by atoms with Crippen molar-refractivity contribution in [3.63, 3.8) is 0 Å². The average Bonchev–Trinajstić information content (AvgIpc) is 2.76. The van der Waals surface area contributed by atoms with Crippen LogP contribution in [0, 0.1) is 5.41 Å². The van der Waals surface area contributed by atoms with Gasteiger partial charge in [0.05, 0.1) is 13.2 Å². The summed E-state index contributed by atoms with van der Waals surface area (Å²) < 4.78 is 5.60. The fourth-order valence-electron chi connectivity index (χ4n) is 4.83. The molecule has 2 rings (SSSR count). The molecule has 0 spiro atoms. The maximum Gasteiger partial charge on any atom is 0.191 e.